The van der Waals surface area contributed by atoms with Gasteiger partial charge >= 0.3 is 5.97 Å². The number of hydrogen-bond acceptors (Lipinski definition) is 6. The molecule has 162 valence electrons. The lowest BCUT2D eigenvalue weighted by Crippen LogP contribution is -2.51. The molecule has 0 aromatic heterocycles. The van der Waals surface area contributed by atoms with Gasteiger partial charge in [0.15, 0.2) is 5.75 Å². The molecule has 5 rings (SSSR count). The maximum absolute atomic E-state index is 12.1. The first-order valence-electron chi connectivity index (χ1n) is 10.7. The Morgan fingerprint density at radius 1 is 1.13 bits per heavy atom. The van der Waals surface area contributed by atoms with Crippen LogP contribution >= 0.6 is 11.6 Å². The van der Waals surface area contributed by atoms with E-state index in [1.807, 2.05) is 24.3 Å². The molecule has 0 atom stereocenters. The fourth-order valence-electron chi connectivity index (χ4n) is 4.43. The molecule has 2 heterocycles. The molecule has 0 radical (unpaired) electrons. The first-order chi connectivity index (χ1) is 15.0. The summed E-state index contributed by atoms with van der Waals surface area (Å²) in [6, 6.07) is 11.8. The van der Waals surface area contributed by atoms with Crippen LogP contribution in [-0.4, -0.2) is 61.4 Å². The standard InChI is InChI=1S/C24H26ClN3O3/c1-16-3-5-18-20(13-16)31-21-14-17(25)4-6-19(21)26-22(18)28-11-9-27(10-12-28)15-24(7-8-24)23(29)30-2/h3-6,13-14H,7-12,15H2,1-2H3. The van der Waals surface area contributed by atoms with Crippen molar-refractivity contribution in [2.45, 2.75) is 19.8 Å². The predicted octanol–water partition coefficient (Wildman–Crippen LogP) is 4.40. The molecule has 1 saturated carbocycles. The monoisotopic (exact) mass is 439 g/mol. The lowest BCUT2D eigenvalue weighted by molar-refractivity contribution is -0.148. The normalized spacial score (nSPS) is 19.5. The van der Waals surface area contributed by atoms with E-state index >= 15 is 0 Å². The number of fused-ring (bicyclic) bond motifs is 2. The maximum Gasteiger partial charge on any atom is 0.313 e. The highest BCUT2D eigenvalue weighted by Gasteiger charge is 2.52. The number of benzene rings is 2. The summed E-state index contributed by atoms with van der Waals surface area (Å²) < 4.78 is 11.3. The van der Waals surface area contributed by atoms with Crippen LogP contribution in [0.4, 0.5) is 5.69 Å². The molecule has 31 heavy (non-hydrogen) atoms. The topological polar surface area (TPSA) is 54.4 Å². The Balaban J connectivity index is 1.39. The van der Waals surface area contributed by atoms with Gasteiger partial charge in [0.2, 0.25) is 0 Å². The molecule has 0 unspecified atom stereocenters. The number of methoxy groups -OCH3 is 1. The Morgan fingerprint density at radius 2 is 1.90 bits per heavy atom. The van der Waals surface area contributed by atoms with Gasteiger partial charge in [-0.05, 0) is 49.6 Å². The third-order valence-electron chi connectivity index (χ3n) is 6.42. The summed E-state index contributed by atoms with van der Waals surface area (Å²) in [5.74, 6) is 2.32. The van der Waals surface area contributed by atoms with Gasteiger partial charge in [0.1, 0.15) is 17.3 Å². The number of aliphatic imine (C=N–C) groups is 1. The van der Waals surface area contributed by atoms with E-state index in [2.05, 4.69) is 28.9 Å². The van der Waals surface area contributed by atoms with Gasteiger partial charge in [0.25, 0.3) is 0 Å². The second-order valence-electron chi connectivity index (χ2n) is 8.68. The molecule has 7 heteroatoms. The number of ether oxygens (including phenoxy) is 2. The molecule has 0 spiro atoms. The lowest BCUT2D eigenvalue weighted by Gasteiger charge is -2.37. The first kappa shape index (κ1) is 20.3. The Bertz CT molecular complexity index is 1060. The molecule has 2 fully saturated rings. The smallest absolute Gasteiger partial charge is 0.313 e. The highest BCUT2D eigenvalue weighted by atomic mass is 35.5. The highest BCUT2D eigenvalue weighted by Crippen LogP contribution is 2.47. The average Bonchev–Trinajstić information content (AvgIpc) is 3.56. The minimum Gasteiger partial charge on any atom is -0.469 e. The summed E-state index contributed by atoms with van der Waals surface area (Å²) in [7, 11) is 1.48. The Morgan fingerprint density at radius 3 is 2.61 bits per heavy atom. The third-order valence-corrected chi connectivity index (χ3v) is 6.65. The number of halogens is 1. The van der Waals surface area contributed by atoms with Crippen LogP contribution in [0, 0.1) is 12.3 Å². The summed E-state index contributed by atoms with van der Waals surface area (Å²) >= 11 is 6.20. The van der Waals surface area contributed by atoms with Crippen molar-refractivity contribution < 1.29 is 14.3 Å². The number of esters is 1. The molecular weight excluding hydrogens is 414 g/mol. The van der Waals surface area contributed by atoms with Crippen LogP contribution in [0.15, 0.2) is 41.4 Å². The van der Waals surface area contributed by atoms with Crippen molar-refractivity contribution in [1.82, 2.24) is 9.80 Å². The lowest BCUT2D eigenvalue weighted by atomic mass is 10.1. The van der Waals surface area contributed by atoms with Gasteiger partial charge in [-0.3, -0.25) is 9.69 Å². The largest absolute Gasteiger partial charge is 0.469 e. The van der Waals surface area contributed by atoms with E-state index in [9.17, 15) is 4.79 Å². The molecule has 2 aliphatic heterocycles. The first-order valence-corrected chi connectivity index (χ1v) is 11.1. The zero-order valence-electron chi connectivity index (χ0n) is 17.9. The van der Waals surface area contributed by atoms with E-state index in [4.69, 9.17) is 26.1 Å². The molecule has 1 saturated heterocycles. The molecule has 6 nitrogen and oxygen atoms in total. The van der Waals surface area contributed by atoms with E-state index in [0.717, 1.165) is 74.0 Å². The zero-order valence-corrected chi connectivity index (χ0v) is 18.6. The fraction of sp³-hybridized carbons (Fsp3) is 0.417. The second-order valence-corrected chi connectivity index (χ2v) is 9.12. The zero-order chi connectivity index (χ0) is 21.6. The van der Waals surface area contributed by atoms with E-state index in [1.165, 1.54) is 7.11 Å². The fourth-order valence-corrected chi connectivity index (χ4v) is 4.60. The molecule has 0 N–H and O–H groups in total. The van der Waals surface area contributed by atoms with Crippen LogP contribution in [0.25, 0.3) is 0 Å². The third kappa shape index (κ3) is 3.90. The number of piperazine rings is 1. The molecule has 2 aromatic carbocycles. The van der Waals surface area contributed by atoms with Crippen molar-refractivity contribution >= 4 is 29.1 Å². The van der Waals surface area contributed by atoms with Crippen LogP contribution in [-0.2, 0) is 9.53 Å². The highest BCUT2D eigenvalue weighted by molar-refractivity contribution is 6.30. The molecule has 3 aliphatic rings. The SMILES string of the molecule is COC(=O)C1(CN2CCN(C3=Nc4ccc(Cl)cc4Oc4cc(C)ccc43)CC2)CC1. The van der Waals surface area contributed by atoms with Crippen molar-refractivity contribution in [1.29, 1.82) is 0 Å². The molecule has 2 aromatic rings. The van der Waals surface area contributed by atoms with Gasteiger partial charge in [0.05, 0.1) is 18.1 Å². The Labute approximate surface area is 187 Å². The van der Waals surface area contributed by atoms with Gasteiger partial charge in [-0.25, -0.2) is 4.99 Å². The summed E-state index contributed by atoms with van der Waals surface area (Å²) in [5, 5.41) is 0.625. The summed E-state index contributed by atoms with van der Waals surface area (Å²) in [4.78, 5) is 21.8. The molecule has 0 bridgehead atoms. The van der Waals surface area contributed by atoms with Crippen LogP contribution in [0.5, 0.6) is 11.5 Å². The Hall–Kier alpha value is -2.57. The number of carbonyl (C=O) groups is 1. The van der Waals surface area contributed by atoms with Gasteiger partial charge in [-0.1, -0.05) is 17.7 Å². The van der Waals surface area contributed by atoms with Gasteiger partial charge in [-0.2, -0.15) is 0 Å². The number of amidine groups is 1. The predicted molar refractivity (Wildman–Crippen MR) is 121 cm³/mol. The van der Waals surface area contributed by atoms with Crippen LogP contribution < -0.4 is 4.74 Å². The summed E-state index contributed by atoms with van der Waals surface area (Å²) in [5.41, 5.74) is 2.61. The van der Waals surface area contributed by atoms with E-state index in [1.54, 1.807) is 0 Å². The number of aryl methyl sites for hydroxylation is 1. The van der Waals surface area contributed by atoms with Gasteiger partial charge in [-0.15, -0.1) is 0 Å². The number of nitrogens with zero attached hydrogens (tertiary/aromatic N) is 3. The van der Waals surface area contributed by atoms with Crippen molar-refractivity contribution in [3.8, 4) is 11.5 Å². The van der Waals surface area contributed by atoms with Gasteiger partial charge in [0, 0.05) is 43.8 Å². The number of carbonyl (C=O) groups excluding carboxylic acids is 1. The van der Waals surface area contributed by atoms with Gasteiger partial charge < -0.3 is 14.4 Å². The van der Waals surface area contributed by atoms with Crippen molar-refractivity contribution in [3.05, 3.63) is 52.5 Å². The quantitative estimate of drug-likeness (QED) is 0.663. The Kier molecular flexibility index (Phi) is 5.15. The van der Waals surface area contributed by atoms with Crippen molar-refractivity contribution in [3.63, 3.8) is 0 Å². The minimum atomic E-state index is -0.285. The molecular formula is C24H26ClN3O3. The number of hydrogen-bond donors (Lipinski definition) is 0. The van der Waals surface area contributed by atoms with Crippen molar-refractivity contribution in [2.75, 3.05) is 39.8 Å². The average molecular weight is 440 g/mol. The van der Waals surface area contributed by atoms with E-state index in [-0.39, 0.29) is 11.4 Å². The van der Waals surface area contributed by atoms with Crippen LogP contribution in [0.2, 0.25) is 5.02 Å². The van der Waals surface area contributed by atoms with E-state index < -0.39 is 0 Å². The summed E-state index contributed by atoms with van der Waals surface area (Å²) in [6.07, 6.45) is 1.85. The minimum absolute atomic E-state index is 0.0696. The summed E-state index contributed by atoms with van der Waals surface area (Å²) in [6.45, 7) is 6.28. The maximum atomic E-state index is 12.1. The molecule has 1 aliphatic carbocycles. The number of rotatable bonds is 3. The van der Waals surface area contributed by atoms with Crippen LogP contribution in [0.1, 0.15) is 24.0 Å². The molecule has 0 amide bonds. The van der Waals surface area contributed by atoms with Crippen molar-refractivity contribution in [2.24, 2.45) is 10.4 Å². The van der Waals surface area contributed by atoms with E-state index in [0.29, 0.717) is 10.8 Å². The van der Waals surface area contributed by atoms with Crippen LogP contribution in [0.3, 0.4) is 0 Å². The second kappa shape index (κ2) is 7.84.